The van der Waals surface area contributed by atoms with Crippen LogP contribution in [-0.4, -0.2) is 0 Å². The summed E-state index contributed by atoms with van der Waals surface area (Å²) in [7, 11) is 0. The Balaban J connectivity index is 1.01. The van der Waals surface area contributed by atoms with E-state index in [0.717, 1.165) is 17.1 Å². The fourth-order valence-corrected chi connectivity index (χ4v) is 10.2. The van der Waals surface area contributed by atoms with Gasteiger partial charge in [-0.05, 0) is 125 Å². The maximum absolute atomic E-state index is 2.48. The summed E-state index contributed by atoms with van der Waals surface area (Å²) in [4.78, 5) is 2.43. The molecule has 10 aromatic rings. The first-order valence-corrected chi connectivity index (χ1v) is 20.8. The van der Waals surface area contributed by atoms with E-state index < -0.39 is 5.41 Å². The van der Waals surface area contributed by atoms with Crippen LogP contribution in [0, 0.1) is 0 Å². The molecule has 0 aromatic heterocycles. The van der Waals surface area contributed by atoms with E-state index in [9.17, 15) is 0 Å². The van der Waals surface area contributed by atoms with Crippen LogP contribution in [0.5, 0.6) is 0 Å². The first kappa shape index (κ1) is 34.3. The van der Waals surface area contributed by atoms with E-state index in [1.165, 1.54) is 88.7 Å². The van der Waals surface area contributed by atoms with Crippen molar-refractivity contribution in [3.05, 3.63) is 259 Å². The number of rotatable bonds is 6. The van der Waals surface area contributed by atoms with E-state index in [1.807, 2.05) is 0 Å². The van der Waals surface area contributed by atoms with Crippen molar-refractivity contribution in [1.29, 1.82) is 0 Å². The van der Waals surface area contributed by atoms with Gasteiger partial charge in [0.15, 0.2) is 0 Å². The number of benzene rings is 10. The summed E-state index contributed by atoms with van der Waals surface area (Å²) in [6.45, 7) is 0. The molecule has 0 heterocycles. The predicted octanol–water partition coefficient (Wildman–Crippen LogP) is 15.7. The zero-order chi connectivity index (χ0) is 39.6. The minimum Gasteiger partial charge on any atom is -0.310 e. The molecule has 280 valence electrons. The summed E-state index contributed by atoms with van der Waals surface area (Å²) in [6, 6.07) is 87.2. The summed E-state index contributed by atoms with van der Waals surface area (Å²) in [5.41, 5.74) is 20.8. The van der Waals surface area contributed by atoms with Crippen molar-refractivity contribution in [3.8, 4) is 55.6 Å². The molecule has 0 unspecified atom stereocenters. The summed E-state index contributed by atoms with van der Waals surface area (Å²) in [5, 5.41) is 2.51. The van der Waals surface area contributed by atoms with Crippen molar-refractivity contribution in [2.45, 2.75) is 5.41 Å². The molecule has 0 saturated heterocycles. The number of anilines is 3. The van der Waals surface area contributed by atoms with Crippen molar-refractivity contribution in [2.24, 2.45) is 0 Å². The number of hydrogen-bond donors (Lipinski definition) is 0. The lowest BCUT2D eigenvalue weighted by atomic mass is 9.70. The van der Waals surface area contributed by atoms with Crippen LogP contribution in [0.15, 0.2) is 237 Å². The third-order valence-electron chi connectivity index (χ3n) is 12.9. The second kappa shape index (κ2) is 13.7. The topological polar surface area (TPSA) is 3.24 Å². The van der Waals surface area contributed by atoms with Gasteiger partial charge in [0.2, 0.25) is 0 Å². The highest BCUT2D eigenvalue weighted by Crippen LogP contribution is 2.63. The van der Waals surface area contributed by atoms with Gasteiger partial charge in [0, 0.05) is 17.1 Å². The van der Waals surface area contributed by atoms with Gasteiger partial charge >= 0.3 is 0 Å². The van der Waals surface area contributed by atoms with Gasteiger partial charge in [-0.25, -0.2) is 0 Å². The molecule has 0 aliphatic heterocycles. The Kier molecular flexibility index (Phi) is 7.83. The SMILES string of the molecule is c1ccc(-c2ccc(-c3ccc(N(c4ccc(-c5cccc6ccccc56)cc4)c4ccc5c(c4)C4(c6ccccc6-c6ccccc64)c4ccccc4-5)cc3)cc2)cc1. The maximum atomic E-state index is 2.48. The lowest BCUT2D eigenvalue weighted by molar-refractivity contribution is 0.793. The Bertz CT molecular complexity index is 3160. The fraction of sp³-hybridized carbons (Fsp3) is 0.0169. The molecule has 0 fully saturated rings. The minimum atomic E-state index is -0.422. The van der Waals surface area contributed by atoms with Gasteiger partial charge in [0.25, 0.3) is 0 Å². The first-order chi connectivity index (χ1) is 29.8. The largest absolute Gasteiger partial charge is 0.310 e. The average molecular weight is 762 g/mol. The van der Waals surface area contributed by atoms with Crippen molar-refractivity contribution in [1.82, 2.24) is 0 Å². The van der Waals surface area contributed by atoms with Crippen LogP contribution >= 0.6 is 0 Å². The normalized spacial score (nSPS) is 12.8. The van der Waals surface area contributed by atoms with Gasteiger partial charge < -0.3 is 4.90 Å². The molecular formula is C59H39N. The van der Waals surface area contributed by atoms with Crippen molar-refractivity contribution in [3.63, 3.8) is 0 Å². The zero-order valence-corrected chi connectivity index (χ0v) is 33.0. The summed E-state index contributed by atoms with van der Waals surface area (Å²) in [5.74, 6) is 0. The van der Waals surface area contributed by atoms with Crippen LogP contribution in [-0.2, 0) is 5.41 Å². The first-order valence-electron chi connectivity index (χ1n) is 20.8. The molecule has 60 heavy (non-hydrogen) atoms. The highest BCUT2D eigenvalue weighted by molar-refractivity contribution is 5.98. The molecule has 1 nitrogen and oxygen atoms in total. The molecule has 2 aliphatic carbocycles. The molecule has 0 bridgehead atoms. The maximum Gasteiger partial charge on any atom is 0.0726 e. The zero-order valence-electron chi connectivity index (χ0n) is 33.0. The Hall–Kier alpha value is -7.74. The van der Waals surface area contributed by atoms with E-state index in [4.69, 9.17) is 0 Å². The van der Waals surface area contributed by atoms with Crippen molar-refractivity contribution in [2.75, 3.05) is 4.90 Å². The van der Waals surface area contributed by atoms with Crippen LogP contribution in [0.4, 0.5) is 17.1 Å². The third kappa shape index (κ3) is 5.19. The van der Waals surface area contributed by atoms with Crippen molar-refractivity contribution < 1.29 is 0 Å². The monoisotopic (exact) mass is 761 g/mol. The highest BCUT2D eigenvalue weighted by Gasteiger charge is 2.51. The molecule has 10 aromatic carbocycles. The second-order valence-corrected chi connectivity index (χ2v) is 16.0. The molecule has 2 aliphatic rings. The Morgan fingerprint density at radius 2 is 0.650 bits per heavy atom. The Morgan fingerprint density at radius 3 is 1.23 bits per heavy atom. The van der Waals surface area contributed by atoms with Crippen LogP contribution in [0.3, 0.4) is 0 Å². The van der Waals surface area contributed by atoms with Crippen LogP contribution in [0.2, 0.25) is 0 Å². The Morgan fingerprint density at radius 1 is 0.250 bits per heavy atom. The third-order valence-corrected chi connectivity index (χ3v) is 12.9. The standard InChI is InChI=1S/C59H39N/c1-2-13-40(14-3-1)41-25-27-42(28-26-41)43-29-33-46(34-30-43)60(47-35-31-45(32-36-47)50-21-12-16-44-15-4-5-17-49(44)50)48-37-38-54-53-20-8-11-24-57(53)59(58(54)39-48)55-22-9-6-18-51(55)52-19-7-10-23-56(52)59/h1-39H. The molecule has 0 amide bonds. The van der Waals surface area contributed by atoms with E-state index >= 15 is 0 Å². The van der Waals surface area contributed by atoms with Gasteiger partial charge in [-0.3, -0.25) is 0 Å². The molecule has 0 saturated carbocycles. The van der Waals surface area contributed by atoms with E-state index in [-0.39, 0.29) is 0 Å². The number of fused-ring (bicyclic) bond motifs is 11. The summed E-state index contributed by atoms with van der Waals surface area (Å²) in [6.07, 6.45) is 0. The van der Waals surface area contributed by atoms with Crippen LogP contribution < -0.4 is 4.90 Å². The van der Waals surface area contributed by atoms with E-state index in [2.05, 4.69) is 241 Å². The smallest absolute Gasteiger partial charge is 0.0726 e. The van der Waals surface area contributed by atoms with Crippen molar-refractivity contribution >= 4 is 27.8 Å². The van der Waals surface area contributed by atoms with Gasteiger partial charge in [0.1, 0.15) is 0 Å². The highest BCUT2D eigenvalue weighted by atomic mass is 15.1. The number of nitrogens with zero attached hydrogens (tertiary/aromatic N) is 1. The lowest BCUT2D eigenvalue weighted by Crippen LogP contribution is -2.26. The molecule has 1 spiro atoms. The average Bonchev–Trinajstić information content (AvgIpc) is 3.79. The Labute approximate surface area is 351 Å². The van der Waals surface area contributed by atoms with Crippen LogP contribution in [0.1, 0.15) is 22.3 Å². The van der Waals surface area contributed by atoms with Gasteiger partial charge in [-0.15, -0.1) is 0 Å². The molecule has 12 rings (SSSR count). The van der Waals surface area contributed by atoms with Gasteiger partial charge in [-0.1, -0.05) is 200 Å². The molecule has 0 N–H and O–H groups in total. The van der Waals surface area contributed by atoms with Gasteiger partial charge in [0.05, 0.1) is 5.41 Å². The quantitative estimate of drug-likeness (QED) is 0.163. The second-order valence-electron chi connectivity index (χ2n) is 16.0. The number of hydrogen-bond acceptors (Lipinski definition) is 1. The summed E-state index contributed by atoms with van der Waals surface area (Å²) < 4.78 is 0. The van der Waals surface area contributed by atoms with Gasteiger partial charge in [-0.2, -0.15) is 0 Å². The molecular weight excluding hydrogens is 723 g/mol. The predicted molar refractivity (Wildman–Crippen MR) is 251 cm³/mol. The van der Waals surface area contributed by atoms with Crippen LogP contribution in [0.25, 0.3) is 66.4 Å². The molecule has 1 heteroatoms. The fourth-order valence-electron chi connectivity index (χ4n) is 10.2. The minimum absolute atomic E-state index is 0.422. The molecule has 0 radical (unpaired) electrons. The molecule has 0 atom stereocenters. The summed E-state index contributed by atoms with van der Waals surface area (Å²) >= 11 is 0. The van der Waals surface area contributed by atoms with E-state index in [1.54, 1.807) is 0 Å². The lowest BCUT2D eigenvalue weighted by Gasteiger charge is -2.32. The van der Waals surface area contributed by atoms with E-state index in [0.29, 0.717) is 0 Å².